The molecule has 0 bridgehead atoms. The number of hydrogen-bond acceptors (Lipinski definition) is 4. The number of rotatable bonds is 2. The minimum atomic E-state index is -0.748. The molecule has 1 aliphatic rings. The van der Waals surface area contributed by atoms with Gasteiger partial charge in [-0.2, -0.15) is 0 Å². The molecule has 0 aromatic rings. The molecule has 4 nitrogen and oxygen atoms in total. The van der Waals surface area contributed by atoms with Crippen LogP contribution < -0.4 is 5.73 Å². The molecule has 0 amide bonds. The number of esters is 1. The second-order valence-electron chi connectivity index (χ2n) is 2.24. The van der Waals surface area contributed by atoms with E-state index in [2.05, 4.69) is 4.74 Å². The van der Waals surface area contributed by atoms with Gasteiger partial charge in [-0.3, -0.25) is 0 Å². The van der Waals surface area contributed by atoms with E-state index in [1.807, 2.05) is 6.08 Å². The van der Waals surface area contributed by atoms with Gasteiger partial charge in [0.2, 0.25) is 0 Å². The van der Waals surface area contributed by atoms with E-state index in [0.717, 1.165) is 6.42 Å². The van der Waals surface area contributed by atoms with E-state index in [0.29, 0.717) is 12.4 Å². The summed E-state index contributed by atoms with van der Waals surface area (Å²) in [6.07, 6.45) is 2.63. The zero-order valence-corrected chi connectivity index (χ0v) is 6.37. The summed E-state index contributed by atoms with van der Waals surface area (Å²) in [5, 5.41) is 0. The average Bonchev–Trinajstić information content (AvgIpc) is 2.53. The van der Waals surface area contributed by atoms with Crippen LogP contribution in [0.5, 0.6) is 0 Å². The Morgan fingerprint density at radius 2 is 2.64 bits per heavy atom. The maximum Gasteiger partial charge on any atom is 0.330 e. The van der Waals surface area contributed by atoms with Gasteiger partial charge in [-0.15, -0.1) is 0 Å². The zero-order chi connectivity index (χ0) is 8.27. The van der Waals surface area contributed by atoms with Crippen molar-refractivity contribution in [3.63, 3.8) is 0 Å². The van der Waals surface area contributed by atoms with Crippen LogP contribution in [0.15, 0.2) is 11.8 Å². The Morgan fingerprint density at radius 1 is 1.91 bits per heavy atom. The molecule has 0 aromatic carbocycles. The highest BCUT2D eigenvalue weighted by atomic mass is 16.5. The van der Waals surface area contributed by atoms with Gasteiger partial charge in [0.25, 0.3) is 0 Å². The van der Waals surface area contributed by atoms with Gasteiger partial charge in [0.15, 0.2) is 6.04 Å². The third kappa shape index (κ3) is 1.71. The van der Waals surface area contributed by atoms with Gasteiger partial charge < -0.3 is 15.2 Å². The van der Waals surface area contributed by atoms with Crippen LogP contribution in [0.25, 0.3) is 0 Å². The summed E-state index contributed by atoms with van der Waals surface area (Å²) in [6.45, 7) is 0.611. The first kappa shape index (κ1) is 8.07. The first-order chi connectivity index (χ1) is 5.25. The summed E-state index contributed by atoms with van der Waals surface area (Å²) >= 11 is 0. The maximum atomic E-state index is 10.8. The monoisotopic (exact) mass is 157 g/mol. The Labute approximate surface area is 65.0 Å². The summed E-state index contributed by atoms with van der Waals surface area (Å²) in [4.78, 5) is 10.8. The molecule has 0 spiro atoms. The topological polar surface area (TPSA) is 61.5 Å². The van der Waals surface area contributed by atoms with Crippen molar-refractivity contribution in [1.82, 2.24) is 0 Å². The molecule has 1 heterocycles. The third-order valence-electron chi connectivity index (χ3n) is 1.49. The van der Waals surface area contributed by atoms with Crippen molar-refractivity contribution in [3.05, 3.63) is 11.8 Å². The van der Waals surface area contributed by atoms with E-state index in [-0.39, 0.29) is 0 Å². The molecule has 1 atom stereocenters. The first-order valence-electron chi connectivity index (χ1n) is 3.42. The van der Waals surface area contributed by atoms with E-state index < -0.39 is 12.0 Å². The molecule has 1 rings (SSSR count). The Hall–Kier alpha value is -1.03. The normalized spacial score (nSPS) is 18.5. The molecule has 11 heavy (non-hydrogen) atoms. The number of nitrogens with two attached hydrogens (primary N) is 1. The number of methoxy groups -OCH3 is 1. The zero-order valence-electron chi connectivity index (χ0n) is 6.37. The summed E-state index contributed by atoms with van der Waals surface area (Å²) in [5.41, 5.74) is 5.47. The summed E-state index contributed by atoms with van der Waals surface area (Å²) < 4.78 is 9.51. The van der Waals surface area contributed by atoms with Gasteiger partial charge in [0, 0.05) is 6.42 Å². The number of hydrogen-bond donors (Lipinski definition) is 1. The number of carbonyl (C=O) groups is 1. The van der Waals surface area contributed by atoms with E-state index in [1.54, 1.807) is 0 Å². The lowest BCUT2D eigenvalue weighted by atomic mass is 10.2. The molecule has 1 unspecified atom stereocenters. The van der Waals surface area contributed by atoms with Crippen molar-refractivity contribution in [2.45, 2.75) is 12.5 Å². The minimum absolute atomic E-state index is 0.460. The lowest BCUT2D eigenvalue weighted by molar-refractivity contribution is -0.141. The number of carbonyl (C=O) groups excluding carboxylic acids is 1. The van der Waals surface area contributed by atoms with Crippen molar-refractivity contribution in [3.8, 4) is 0 Å². The van der Waals surface area contributed by atoms with E-state index in [9.17, 15) is 4.79 Å². The predicted molar refractivity (Wildman–Crippen MR) is 38.6 cm³/mol. The Morgan fingerprint density at radius 3 is 3.09 bits per heavy atom. The highest BCUT2D eigenvalue weighted by molar-refractivity contribution is 5.78. The Bertz CT molecular complexity index is 188. The highest BCUT2D eigenvalue weighted by Gasteiger charge is 2.22. The van der Waals surface area contributed by atoms with Gasteiger partial charge in [-0.05, 0) is 6.08 Å². The molecule has 0 radical (unpaired) electrons. The van der Waals surface area contributed by atoms with Crippen LogP contribution in [0.1, 0.15) is 6.42 Å². The van der Waals surface area contributed by atoms with Crippen LogP contribution >= 0.6 is 0 Å². The Kier molecular flexibility index (Phi) is 2.48. The van der Waals surface area contributed by atoms with Crippen molar-refractivity contribution >= 4 is 5.97 Å². The Balaban J connectivity index is 2.52. The van der Waals surface area contributed by atoms with Gasteiger partial charge >= 0.3 is 5.97 Å². The van der Waals surface area contributed by atoms with Crippen LogP contribution in [0.4, 0.5) is 0 Å². The second-order valence-corrected chi connectivity index (χ2v) is 2.24. The largest absolute Gasteiger partial charge is 0.496 e. The molecule has 0 saturated carbocycles. The average molecular weight is 157 g/mol. The minimum Gasteiger partial charge on any atom is -0.496 e. The van der Waals surface area contributed by atoms with E-state index in [4.69, 9.17) is 10.5 Å². The highest BCUT2D eigenvalue weighted by Crippen LogP contribution is 2.12. The molecular formula is C7H11NO3. The van der Waals surface area contributed by atoms with Gasteiger partial charge in [0.05, 0.1) is 13.7 Å². The SMILES string of the molecule is COC(=O)C(N)C1=CCCO1. The molecule has 0 aromatic heterocycles. The van der Waals surface area contributed by atoms with E-state index in [1.165, 1.54) is 7.11 Å². The summed E-state index contributed by atoms with van der Waals surface area (Å²) in [6, 6.07) is -0.748. The summed E-state index contributed by atoms with van der Waals surface area (Å²) in [5.74, 6) is 0.0648. The van der Waals surface area contributed by atoms with Crippen molar-refractivity contribution in [2.75, 3.05) is 13.7 Å². The smallest absolute Gasteiger partial charge is 0.330 e. The van der Waals surface area contributed by atoms with Gasteiger partial charge in [-0.25, -0.2) is 4.79 Å². The molecule has 0 aliphatic carbocycles. The number of ether oxygens (including phenoxy) is 2. The quantitative estimate of drug-likeness (QED) is 0.563. The van der Waals surface area contributed by atoms with Crippen LogP contribution in [0, 0.1) is 0 Å². The summed E-state index contributed by atoms with van der Waals surface area (Å²) in [7, 11) is 1.30. The fraction of sp³-hybridized carbons (Fsp3) is 0.571. The molecule has 0 saturated heterocycles. The lowest BCUT2D eigenvalue weighted by Crippen LogP contribution is -2.33. The standard InChI is InChI=1S/C7H11NO3/c1-10-7(9)6(8)5-3-2-4-11-5/h3,6H,2,4,8H2,1H3. The lowest BCUT2D eigenvalue weighted by Gasteiger charge is -2.09. The maximum absolute atomic E-state index is 10.8. The molecule has 0 fully saturated rings. The van der Waals surface area contributed by atoms with Gasteiger partial charge in [0.1, 0.15) is 5.76 Å². The van der Waals surface area contributed by atoms with Crippen LogP contribution in [-0.2, 0) is 14.3 Å². The van der Waals surface area contributed by atoms with Gasteiger partial charge in [-0.1, -0.05) is 0 Å². The molecular weight excluding hydrogens is 146 g/mol. The third-order valence-corrected chi connectivity index (χ3v) is 1.49. The second kappa shape index (κ2) is 3.39. The van der Waals surface area contributed by atoms with Crippen LogP contribution in [-0.4, -0.2) is 25.7 Å². The fourth-order valence-corrected chi connectivity index (χ4v) is 0.897. The van der Waals surface area contributed by atoms with Crippen molar-refractivity contribution in [2.24, 2.45) is 5.73 Å². The van der Waals surface area contributed by atoms with Crippen LogP contribution in [0.2, 0.25) is 0 Å². The van der Waals surface area contributed by atoms with Crippen molar-refractivity contribution < 1.29 is 14.3 Å². The molecule has 62 valence electrons. The first-order valence-corrected chi connectivity index (χ1v) is 3.42. The molecule has 2 N–H and O–H groups in total. The van der Waals surface area contributed by atoms with E-state index >= 15 is 0 Å². The predicted octanol–water partition coefficient (Wildman–Crippen LogP) is -0.209. The molecule has 4 heteroatoms. The van der Waals surface area contributed by atoms with Crippen LogP contribution in [0.3, 0.4) is 0 Å². The fourth-order valence-electron chi connectivity index (χ4n) is 0.897. The molecule has 1 aliphatic heterocycles. The van der Waals surface area contributed by atoms with Crippen molar-refractivity contribution in [1.29, 1.82) is 0 Å².